The highest BCUT2D eigenvalue weighted by atomic mass is 35.5. The molecule has 0 spiro atoms. The van der Waals surface area contributed by atoms with E-state index in [0.29, 0.717) is 39.5 Å². The minimum Gasteiger partial charge on any atom is -0.492 e. The molecule has 0 aliphatic carbocycles. The summed E-state index contributed by atoms with van der Waals surface area (Å²) in [7, 11) is 0. The molecule has 4 rings (SSSR count). The van der Waals surface area contributed by atoms with Crippen LogP contribution in [-0.4, -0.2) is 27.9 Å². The summed E-state index contributed by atoms with van der Waals surface area (Å²) in [6, 6.07) is 16.3. The molecule has 0 aliphatic heterocycles. The lowest BCUT2D eigenvalue weighted by molar-refractivity contribution is 0.233. The number of aliphatic hydroxyl groups excluding tert-OH is 1. The first-order valence-corrected chi connectivity index (χ1v) is 13.4. The molecule has 0 amide bonds. The van der Waals surface area contributed by atoms with Gasteiger partial charge in [0.15, 0.2) is 5.16 Å². The zero-order valence-corrected chi connectivity index (χ0v) is 22.7. The van der Waals surface area contributed by atoms with Gasteiger partial charge in [0, 0.05) is 40.5 Å². The highest BCUT2D eigenvalue weighted by molar-refractivity contribution is 7.98. The van der Waals surface area contributed by atoms with Gasteiger partial charge < -0.3 is 9.84 Å². The van der Waals surface area contributed by atoms with Crippen molar-refractivity contribution in [1.82, 2.24) is 9.55 Å². The molecule has 0 radical (unpaired) electrons. The molecular formula is C28H26Cl2F2N2O2S. The average Bonchev–Trinajstić information content (AvgIpc) is 3.30. The Bertz CT molecular complexity index is 1360. The van der Waals surface area contributed by atoms with Gasteiger partial charge in [-0.05, 0) is 54.1 Å². The highest BCUT2D eigenvalue weighted by Gasteiger charge is 2.30. The van der Waals surface area contributed by atoms with Crippen LogP contribution in [0.5, 0.6) is 5.75 Å². The molecule has 3 aromatic carbocycles. The Kier molecular flexibility index (Phi) is 8.80. The van der Waals surface area contributed by atoms with Crippen LogP contribution >= 0.6 is 35.0 Å². The summed E-state index contributed by atoms with van der Waals surface area (Å²) in [4.78, 5) is 4.66. The summed E-state index contributed by atoms with van der Waals surface area (Å²) in [6.45, 7) is 4.46. The van der Waals surface area contributed by atoms with Gasteiger partial charge in [0.1, 0.15) is 17.4 Å². The van der Waals surface area contributed by atoms with Gasteiger partial charge in [-0.3, -0.25) is 4.57 Å². The average molecular weight is 563 g/mol. The standard InChI is InChI=1S/C28H26Cl2F2N2O2S/c1-28(2,18-7-12-23(30)25(15-18)36-14-4-13-35)26-16-33-27(34(26)20-10-8-19(31)9-11-20)37-17-21-22(29)5-3-6-24(21)32/h3,5-12,15-16,35H,4,13-14,17H2,1-2H3. The van der Waals surface area contributed by atoms with Gasteiger partial charge in [0.25, 0.3) is 0 Å². The summed E-state index contributed by atoms with van der Waals surface area (Å²) in [5, 5.41) is 10.5. The molecule has 1 N–H and O–H groups in total. The van der Waals surface area contributed by atoms with Crippen LogP contribution in [0.1, 0.15) is 37.1 Å². The first kappa shape index (κ1) is 27.5. The molecule has 1 heterocycles. The van der Waals surface area contributed by atoms with E-state index in [4.69, 9.17) is 33.0 Å². The fourth-order valence-corrected chi connectivity index (χ4v) is 5.43. The van der Waals surface area contributed by atoms with E-state index in [0.717, 1.165) is 16.9 Å². The third-order valence-electron chi connectivity index (χ3n) is 6.07. The Morgan fingerprint density at radius 3 is 2.49 bits per heavy atom. The van der Waals surface area contributed by atoms with Crippen LogP contribution in [0.3, 0.4) is 0 Å². The van der Waals surface area contributed by atoms with E-state index in [1.165, 1.54) is 30.0 Å². The van der Waals surface area contributed by atoms with Crippen LogP contribution in [-0.2, 0) is 11.2 Å². The van der Waals surface area contributed by atoms with Crippen molar-refractivity contribution < 1.29 is 18.6 Å². The number of hydrogen-bond donors (Lipinski definition) is 1. The molecule has 4 aromatic rings. The molecule has 37 heavy (non-hydrogen) atoms. The monoisotopic (exact) mass is 562 g/mol. The second kappa shape index (κ2) is 11.9. The van der Waals surface area contributed by atoms with E-state index >= 15 is 0 Å². The summed E-state index contributed by atoms with van der Waals surface area (Å²) in [6.07, 6.45) is 2.27. The van der Waals surface area contributed by atoms with Crippen LogP contribution in [0.15, 0.2) is 72.0 Å². The lowest BCUT2D eigenvalue weighted by Gasteiger charge is -2.28. The van der Waals surface area contributed by atoms with Gasteiger partial charge in [0.05, 0.1) is 23.5 Å². The second-order valence-electron chi connectivity index (χ2n) is 8.92. The maximum atomic E-state index is 14.4. The molecule has 0 saturated carbocycles. The normalized spacial score (nSPS) is 11.6. The lowest BCUT2D eigenvalue weighted by Crippen LogP contribution is -2.23. The van der Waals surface area contributed by atoms with E-state index in [1.807, 2.05) is 30.5 Å². The molecule has 0 aliphatic rings. The van der Waals surface area contributed by atoms with Crippen molar-refractivity contribution in [2.24, 2.45) is 0 Å². The van der Waals surface area contributed by atoms with Crippen molar-refractivity contribution in [3.05, 3.63) is 105 Å². The molecule has 0 unspecified atom stereocenters. The van der Waals surface area contributed by atoms with Gasteiger partial charge in [0.2, 0.25) is 0 Å². The number of nitrogens with zero attached hydrogens (tertiary/aromatic N) is 2. The number of imidazole rings is 1. The van der Waals surface area contributed by atoms with Gasteiger partial charge >= 0.3 is 0 Å². The number of halogens is 4. The molecule has 9 heteroatoms. The van der Waals surface area contributed by atoms with Crippen LogP contribution in [0.25, 0.3) is 5.69 Å². The molecule has 0 fully saturated rings. The fourth-order valence-electron chi connectivity index (χ4n) is 3.92. The second-order valence-corrected chi connectivity index (χ2v) is 10.7. The molecule has 4 nitrogen and oxygen atoms in total. The van der Waals surface area contributed by atoms with E-state index < -0.39 is 5.41 Å². The minimum absolute atomic E-state index is 0.0260. The maximum absolute atomic E-state index is 14.4. The quantitative estimate of drug-likeness (QED) is 0.158. The van der Waals surface area contributed by atoms with Crippen molar-refractivity contribution in [3.63, 3.8) is 0 Å². The van der Waals surface area contributed by atoms with Gasteiger partial charge in [-0.1, -0.05) is 60.9 Å². The van der Waals surface area contributed by atoms with Crippen LogP contribution in [0.4, 0.5) is 8.78 Å². The maximum Gasteiger partial charge on any atom is 0.173 e. The molecule has 0 atom stereocenters. The first-order valence-electron chi connectivity index (χ1n) is 11.7. The Labute approximate surface area is 229 Å². The lowest BCUT2D eigenvalue weighted by atomic mass is 9.81. The van der Waals surface area contributed by atoms with Gasteiger partial charge in [-0.2, -0.15) is 0 Å². The fraction of sp³-hybridized carbons (Fsp3) is 0.250. The minimum atomic E-state index is -0.574. The van der Waals surface area contributed by atoms with Crippen molar-refractivity contribution in [3.8, 4) is 11.4 Å². The largest absolute Gasteiger partial charge is 0.492 e. The third kappa shape index (κ3) is 6.12. The smallest absolute Gasteiger partial charge is 0.173 e. The summed E-state index contributed by atoms with van der Waals surface area (Å²) in [5.41, 5.74) is 2.30. The Hall–Kier alpha value is -2.58. The van der Waals surface area contributed by atoms with Crippen molar-refractivity contribution in [2.75, 3.05) is 13.2 Å². The predicted molar refractivity (Wildman–Crippen MR) is 145 cm³/mol. The zero-order chi connectivity index (χ0) is 26.6. The third-order valence-corrected chi connectivity index (χ3v) is 7.72. The van der Waals surface area contributed by atoms with Crippen molar-refractivity contribution in [2.45, 2.75) is 36.6 Å². The number of aromatic nitrogens is 2. The molecule has 0 saturated heterocycles. The van der Waals surface area contributed by atoms with E-state index in [9.17, 15) is 8.78 Å². The molecule has 194 valence electrons. The van der Waals surface area contributed by atoms with Crippen molar-refractivity contribution >= 4 is 35.0 Å². The Morgan fingerprint density at radius 1 is 1.03 bits per heavy atom. The Morgan fingerprint density at radius 2 is 1.78 bits per heavy atom. The predicted octanol–water partition coefficient (Wildman–Crippen LogP) is 7.84. The van der Waals surface area contributed by atoms with Crippen molar-refractivity contribution in [1.29, 1.82) is 0 Å². The van der Waals surface area contributed by atoms with Gasteiger partial charge in [-0.15, -0.1) is 0 Å². The van der Waals surface area contributed by atoms with Crippen LogP contribution in [0, 0.1) is 11.6 Å². The van der Waals surface area contributed by atoms with Crippen LogP contribution in [0.2, 0.25) is 10.0 Å². The summed E-state index contributed by atoms with van der Waals surface area (Å²) in [5.74, 6) is 0.0694. The summed E-state index contributed by atoms with van der Waals surface area (Å²) >= 11 is 13.9. The zero-order valence-electron chi connectivity index (χ0n) is 20.3. The molecular weight excluding hydrogens is 537 g/mol. The Balaban J connectivity index is 1.75. The van der Waals surface area contributed by atoms with Gasteiger partial charge in [-0.25, -0.2) is 13.8 Å². The SMILES string of the molecule is CC(C)(c1ccc(Cl)c(OCCCO)c1)c1cnc(SCc2c(F)cccc2Cl)n1-c1ccc(F)cc1. The molecule has 1 aromatic heterocycles. The number of thioether (sulfide) groups is 1. The summed E-state index contributed by atoms with van der Waals surface area (Å²) < 4.78 is 35.9. The van der Waals surface area contributed by atoms with E-state index in [2.05, 4.69) is 4.98 Å². The first-order chi connectivity index (χ1) is 17.7. The van der Waals surface area contributed by atoms with E-state index in [-0.39, 0.29) is 24.0 Å². The molecule has 0 bridgehead atoms. The number of hydrogen-bond acceptors (Lipinski definition) is 4. The topological polar surface area (TPSA) is 47.3 Å². The number of aliphatic hydroxyl groups is 1. The number of rotatable bonds is 10. The van der Waals surface area contributed by atoms with Crippen LogP contribution < -0.4 is 4.74 Å². The number of benzene rings is 3. The van der Waals surface area contributed by atoms with E-state index in [1.54, 1.807) is 36.5 Å². The number of ether oxygens (including phenoxy) is 1. The highest BCUT2D eigenvalue weighted by Crippen LogP contribution is 2.39.